The number of para-hydroxylation sites is 1. The molecular weight excluding hydrogens is 164 g/mol. The lowest BCUT2D eigenvalue weighted by Crippen LogP contribution is -2.12. The summed E-state index contributed by atoms with van der Waals surface area (Å²) in [7, 11) is 0. The third-order valence-electron chi connectivity index (χ3n) is 1.32. The molecule has 0 amide bonds. The molecule has 13 heavy (non-hydrogen) atoms. The zero-order chi connectivity index (χ0) is 17.9. The maximum atomic E-state index is 12.1. The molecule has 0 radical (unpaired) electrons. The number of nitrogens with one attached hydrogen (secondary N) is 1. The van der Waals surface area contributed by atoms with Crippen LogP contribution in [0, 0.1) is 6.85 Å². The smallest absolute Gasteiger partial charge is 0.271 e. The van der Waals surface area contributed by atoms with Crippen molar-refractivity contribution in [3.05, 3.63) is 52.3 Å². The zero-order valence-electron chi connectivity index (χ0n) is 16.3. The summed E-state index contributed by atoms with van der Waals surface area (Å²) in [6.07, 6.45) is 0. The average molecular weight is 184 g/mol. The summed E-state index contributed by atoms with van der Waals surface area (Å²) in [6.45, 7) is -2.95. The van der Waals surface area contributed by atoms with Crippen LogP contribution in [-0.4, -0.2) is 9.77 Å². The van der Waals surface area contributed by atoms with Gasteiger partial charge in [0.1, 0.15) is 0 Å². The van der Waals surface area contributed by atoms with Gasteiger partial charge in [-0.1, -0.05) is 18.1 Å². The van der Waals surface area contributed by atoms with E-state index in [2.05, 4.69) is 0 Å². The minimum atomic E-state index is -2.95. The highest BCUT2D eigenvalue weighted by atomic mass is 16.1. The summed E-state index contributed by atoms with van der Waals surface area (Å²) in [4.78, 5) is 12.1. The Morgan fingerprint density at radius 3 is 2.92 bits per heavy atom. The SMILES string of the molecule is [2H]c1c([2H])c([2H])c(-n2c(=O)c([2H])c(C([2H])([2H])[2H])n2[2H])c([2H])c1[2H]. The van der Waals surface area contributed by atoms with Crippen molar-refractivity contribution in [3.8, 4) is 5.69 Å². The third-order valence-corrected chi connectivity index (χ3v) is 1.32. The second-order valence-electron chi connectivity index (χ2n) is 2.16. The van der Waals surface area contributed by atoms with Gasteiger partial charge < -0.3 is 0 Å². The second-order valence-corrected chi connectivity index (χ2v) is 2.16. The first-order valence-corrected chi connectivity index (χ1v) is 3.32. The number of rotatable bonds is 1. The van der Waals surface area contributed by atoms with Crippen LogP contribution in [0.3, 0.4) is 0 Å². The zero-order valence-corrected chi connectivity index (χ0v) is 6.30. The summed E-state index contributed by atoms with van der Waals surface area (Å²) >= 11 is 0. The number of benzene rings is 1. The summed E-state index contributed by atoms with van der Waals surface area (Å²) in [6, 6.07) is -4.72. The van der Waals surface area contributed by atoms with Crippen molar-refractivity contribution >= 4 is 0 Å². The maximum absolute atomic E-state index is 12.1. The van der Waals surface area contributed by atoms with Crippen LogP contribution in [0.1, 0.15) is 18.0 Å². The van der Waals surface area contributed by atoms with Crippen molar-refractivity contribution < 1.29 is 13.7 Å². The van der Waals surface area contributed by atoms with Crippen molar-refractivity contribution in [1.82, 2.24) is 9.77 Å². The molecule has 0 bridgehead atoms. The predicted octanol–water partition coefficient (Wildman–Crippen LogP) is 1.47. The summed E-state index contributed by atoms with van der Waals surface area (Å²) in [5, 5.41) is 0.0750. The lowest BCUT2D eigenvalue weighted by Gasteiger charge is -1.99. The van der Waals surface area contributed by atoms with Crippen LogP contribution in [0.2, 0.25) is 1.41 Å². The van der Waals surface area contributed by atoms with E-state index in [1.807, 2.05) is 0 Å². The van der Waals surface area contributed by atoms with E-state index >= 15 is 0 Å². The number of hydrogen-bond donors (Lipinski definition) is 1. The van der Waals surface area contributed by atoms with E-state index in [0.717, 1.165) is 0 Å². The lowest BCUT2D eigenvalue weighted by atomic mass is 10.3. The number of hydrogen-bond acceptors (Lipinski definition) is 1. The molecule has 1 aromatic carbocycles. The van der Waals surface area contributed by atoms with Crippen molar-refractivity contribution in [3.63, 3.8) is 0 Å². The van der Waals surface area contributed by atoms with Crippen LogP contribution in [0.5, 0.6) is 0 Å². The van der Waals surface area contributed by atoms with E-state index in [4.69, 9.17) is 13.7 Å². The molecule has 1 heterocycles. The van der Waals surface area contributed by atoms with Crippen LogP contribution >= 0.6 is 0 Å². The fourth-order valence-electron chi connectivity index (χ4n) is 0.826. The van der Waals surface area contributed by atoms with Gasteiger partial charge in [0, 0.05) is 15.8 Å². The molecule has 3 nitrogen and oxygen atoms in total. The van der Waals surface area contributed by atoms with E-state index in [1.54, 1.807) is 0 Å². The highest BCUT2D eigenvalue weighted by Gasteiger charge is 1.99. The molecule has 1 N–H and O–H groups in total. The molecule has 0 unspecified atom stereocenters. The first-order chi connectivity index (χ1) is 10.4. The van der Waals surface area contributed by atoms with Crippen LogP contribution in [0.25, 0.3) is 5.69 Å². The van der Waals surface area contributed by atoms with Gasteiger partial charge in [-0.15, -0.1) is 0 Å². The molecular formula is C10H10N2O. The lowest BCUT2D eigenvalue weighted by molar-refractivity contribution is 0.835. The Bertz CT molecular complexity index is 833. The predicted molar refractivity (Wildman–Crippen MR) is 51.1 cm³/mol. The van der Waals surface area contributed by atoms with Crippen molar-refractivity contribution in [2.45, 2.75) is 6.85 Å². The fraction of sp³-hybridized carbons (Fsp3) is 0.100. The number of aromatic amines is 1. The molecule has 2 aromatic rings. The van der Waals surface area contributed by atoms with Gasteiger partial charge in [0.15, 0.2) is 1.41 Å². The number of aromatic nitrogens is 2. The first kappa shape index (κ1) is 2.38. The normalized spacial score (nSPS) is 22.2. The van der Waals surface area contributed by atoms with Gasteiger partial charge in [0.25, 0.3) is 5.56 Å². The topological polar surface area (TPSA) is 37.8 Å². The Morgan fingerprint density at radius 1 is 1.54 bits per heavy atom. The van der Waals surface area contributed by atoms with Gasteiger partial charge in [-0.05, 0) is 18.9 Å². The third kappa shape index (κ3) is 1.40. The minimum absolute atomic E-state index is 0.0750. The molecule has 2 rings (SSSR count). The van der Waals surface area contributed by atoms with Gasteiger partial charge in [-0.3, -0.25) is 9.89 Å². The first-order valence-electron chi connectivity index (χ1n) is 8.27. The number of nitrogens with zero attached hydrogens (tertiary/aromatic N) is 1. The minimum Gasteiger partial charge on any atom is -0.295 e. The molecule has 0 spiro atoms. The van der Waals surface area contributed by atoms with Crippen LogP contribution in [0.4, 0.5) is 0 Å². The highest BCUT2D eigenvalue weighted by molar-refractivity contribution is 5.30. The monoisotopic (exact) mass is 184 g/mol. The maximum Gasteiger partial charge on any atom is 0.271 e. The molecule has 1 aromatic heterocycles. The van der Waals surface area contributed by atoms with E-state index < -0.39 is 60.0 Å². The summed E-state index contributed by atoms with van der Waals surface area (Å²) in [5.74, 6) is 0. The van der Waals surface area contributed by atoms with Gasteiger partial charge in [0.2, 0.25) is 0 Å². The standard InChI is InChI=1S/C10H10N2O/c1-8-7-10(13)12(11-8)9-5-3-2-4-6-9/h2-7,11H,1H3/i1D3,2D,3D,4D,5D,6D,7D/hD. The quantitative estimate of drug-likeness (QED) is 0.716. The number of H-pyrrole nitrogens is 1. The largest absolute Gasteiger partial charge is 0.295 e. The molecule has 0 fully saturated rings. The second kappa shape index (κ2) is 2.94. The van der Waals surface area contributed by atoms with Crippen molar-refractivity contribution in [1.29, 1.82) is 0 Å². The molecule has 0 saturated heterocycles. The Balaban J connectivity index is 2.99. The Labute approximate surface area is 89.7 Å². The Kier molecular flexibility index (Phi) is 0.537. The fourth-order valence-corrected chi connectivity index (χ4v) is 0.826. The van der Waals surface area contributed by atoms with Gasteiger partial charge >= 0.3 is 0 Å². The molecule has 3 heteroatoms. The van der Waals surface area contributed by atoms with Crippen molar-refractivity contribution in [2.24, 2.45) is 0 Å². The molecule has 0 aliphatic rings. The van der Waals surface area contributed by atoms with Crippen LogP contribution in [0.15, 0.2) is 41.0 Å². The van der Waals surface area contributed by atoms with Gasteiger partial charge in [0.05, 0.1) is 13.9 Å². The van der Waals surface area contributed by atoms with Gasteiger partial charge in [-0.2, -0.15) is 0 Å². The summed E-state index contributed by atoms with van der Waals surface area (Å²) in [5.41, 5.74) is -2.85. The molecule has 0 saturated carbocycles. The Hall–Kier alpha value is -1.77. The van der Waals surface area contributed by atoms with Crippen molar-refractivity contribution in [2.75, 3.05) is 0 Å². The molecule has 66 valence electrons. The molecule has 0 aliphatic carbocycles. The average Bonchev–Trinajstić information content (AvgIpc) is 2.66. The Morgan fingerprint density at radius 2 is 2.31 bits per heavy atom. The van der Waals surface area contributed by atoms with E-state index in [-0.39, 0.29) is 9.77 Å². The van der Waals surface area contributed by atoms with E-state index in [1.165, 1.54) is 0 Å². The molecule has 0 atom stereocenters. The summed E-state index contributed by atoms with van der Waals surface area (Å²) < 4.78 is 75.6. The van der Waals surface area contributed by atoms with Crippen LogP contribution in [-0.2, 0) is 0 Å². The van der Waals surface area contributed by atoms with E-state index in [0.29, 0.717) is 0 Å². The van der Waals surface area contributed by atoms with Gasteiger partial charge in [-0.25, -0.2) is 4.68 Å². The highest BCUT2D eigenvalue weighted by Crippen LogP contribution is 2.02. The van der Waals surface area contributed by atoms with Crippen LogP contribution < -0.4 is 5.56 Å². The molecule has 0 aliphatic heterocycles. The van der Waals surface area contributed by atoms with E-state index in [9.17, 15) is 4.79 Å².